The number of methoxy groups -OCH3 is 2. The van der Waals surface area contributed by atoms with Crippen LogP contribution in [0.15, 0.2) is 36.5 Å². The molecule has 1 aliphatic rings. The van der Waals surface area contributed by atoms with E-state index >= 15 is 0 Å². The summed E-state index contributed by atoms with van der Waals surface area (Å²) in [6.45, 7) is 2.02. The minimum atomic E-state index is -0.845. The third kappa shape index (κ3) is 9.00. The standard InChI is InChI=1S/C20H32O5/c1-4-5-6-7-8-9-10-11-12-13-15-20(23-3)16-14-18(24-25-20)17-19(21)22-2/h4-7,14,16,18H,8-13,15,17H2,1-3H3/b5-4+,7-6+/t18-,20-/m1/s1. The maximum Gasteiger partial charge on any atom is 0.308 e. The highest BCUT2D eigenvalue weighted by Crippen LogP contribution is 2.28. The minimum absolute atomic E-state index is 0.134. The van der Waals surface area contributed by atoms with Crippen molar-refractivity contribution < 1.29 is 24.0 Å². The van der Waals surface area contributed by atoms with Crippen LogP contribution in [0.1, 0.15) is 58.3 Å². The van der Waals surface area contributed by atoms with Gasteiger partial charge in [-0.2, -0.15) is 4.89 Å². The van der Waals surface area contributed by atoms with Gasteiger partial charge >= 0.3 is 5.97 Å². The van der Waals surface area contributed by atoms with Crippen molar-refractivity contribution >= 4 is 5.97 Å². The number of rotatable bonds is 12. The zero-order valence-corrected chi connectivity index (χ0v) is 15.7. The lowest BCUT2D eigenvalue weighted by molar-refractivity contribution is -0.428. The average molecular weight is 352 g/mol. The second-order valence-corrected chi connectivity index (χ2v) is 6.13. The molecular weight excluding hydrogens is 320 g/mol. The van der Waals surface area contributed by atoms with Gasteiger partial charge in [-0.05, 0) is 32.3 Å². The van der Waals surface area contributed by atoms with Crippen molar-refractivity contribution in [1.29, 1.82) is 0 Å². The quantitative estimate of drug-likeness (QED) is 0.168. The SMILES string of the molecule is C/C=C/C=C/CCCCCCC[C@]1(OC)C=C[C@H](CC(=O)OC)OO1. The highest BCUT2D eigenvalue weighted by atomic mass is 17.2. The molecule has 2 atom stereocenters. The minimum Gasteiger partial charge on any atom is -0.469 e. The Kier molecular flexibility index (Phi) is 11.1. The number of hydrogen-bond acceptors (Lipinski definition) is 5. The predicted octanol–water partition coefficient (Wildman–Crippen LogP) is 4.64. The van der Waals surface area contributed by atoms with E-state index in [4.69, 9.17) is 14.5 Å². The summed E-state index contributed by atoms with van der Waals surface area (Å²) in [4.78, 5) is 21.9. The maximum atomic E-state index is 11.3. The molecule has 25 heavy (non-hydrogen) atoms. The molecule has 0 fully saturated rings. The first-order valence-corrected chi connectivity index (χ1v) is 9.09. The van der Waals surface area contributed by atoms with E-state index in [-0.39, 0.29) is 12.4 Å². The van der Waals surface area contributed by atoms with E-state index in [0.717, 1.165) is 25.7 Å². The first kappa shape index (κ1) is 21.6. The molecule has 0 radical (unpaired) electrons. The molecule has 0 N–H and O–H groups in total. The molecule has 0 amide bonds. The van der Waals surface area contributed by atoms with Crippen molar-refractivity contribution in [3.63, 3.8) is 0 Å². The van der Waals surface area contributed by atoms with Crippen LogP contribution in [0.2, 0.25) is 0 Å². The van der Waals surface area contributed by atoms with Crippen LogP contribution in [-0.2, 0) is 24.0 Å². The number of hydrogen-bond donors (Lipinski definition) is 0. The third-order valence-corrected chi connectivity index (χ3v) is 4.15. The van der Waals surface area contributed by atoms with E-state index < -0.39 is 11.9 Å². The Morgan fingerprint density at radius 2 is 1.92 bits per heavy atom. The molecule has 1 aliphatic heterocycles. The number of unbranched alkanes of at least 4 members (excludes halogenated alkanes) is 5. The number of esters is 1. The normalized spacial score (nSPS) is 23.6. The van der Waals surface area contributed by atoms with Gasteiger partial charge in [-0.1, -0.05) is 49.6 Å². The monoisotopic (exact) mass is 352 g/mol. The first-order valence-electron chi connectivity index (χ1n) is 9.09. The summed E-state index contributed by atoms with van der Waals surface area (Å²) in [5.41, 5.74) is 0. The molecule has 0 spiro atoms. The molecule has 0 aliphatic carbocycles. The van der Waals surface area contributed by atoms with Crippen molar-refractivity contribution in [2.75, 3.05) is 14.2 Å². The predicted molar refractivity (Wildman–Crippen MR) is 97.7 cm³/mol. The number of carbonyl (C=O) groups excluding carboxylic acids is 1. The number of carbonyl (C=O) groups is 1. The molecule has 0 aromatic rings. The molecular formula is C20H32O5. The van der Waals surface area contributed by atoms with Gasteiger partial charge in [-0.15, -0.1) is 0 Å². The van der Waals surface area contributed by atoms with E-state index in [1.807, 2.05) is 19.1 Å². The van der Waals surface area contributed by atoms with Crippen molar-refractivity contribution in [1.82, 2.24) is 0 Å². The van der Waals surface area contributed by atoms with Gasteiger partial charge in [0.05, 0.1) is 13.5 Å². The fourth-order valence-electron chi connectivity index (χ4n) is 2.59. The first-order chi connectivity index (χ1) is 12.2. The van der Waals surface area contributed by atoms with E-state index in [9.17, 15) is 4.79 Å². The average Bonchev–Trinajstić information content (AvgIpc) is 2.64. The molecule has 142 valence electrons. The molecule has 1 heterocycles. The summed E-state index contributed by atoms with van der Waals surface area (Å²) in [6.07, 6.45) is 19.4. The Bertz CT molecular complexity index is 455. The van der Waals surface area contributed by atoms with Gasteiger partial charge in [0.1, 0.15) is 6.10 Å². The fraction of sp³-hybridized carbons (Fsp3) is 0.650. The lowest BCUT2D eigenvalue weighted by atomic mass is 10.0. The Labute approximate surface area is 151 Å². The highest BCUT2D eigenvalue weighted by Gasteiger charge is 2.34. The lowest BCUT2D eigenvalue weighted by Gasteiger charge is -2.32. The Morgan fingerprint density at radius 1 is 1.16 bits per heavy atom. The van der Waals surface area contributed by atoms with Crippen molar-refractivity contribution in [2.24, 2.45) is 0 Å². The van der Waals surface area contributed by atoms with Gasteiger partial charge < -0.3 is 9.47 Å². The van der Waals surface area contributed by atoms with Gasteiger partial charge in [0.15, 0.2) is 0 Å². The molecule has 0 bridgehead atoms. The van der Waals surface area contributed by atoms with Crippen molar-refractivity contribution in [3.8, 4) is 0 Å². The van der Waals surface area contributed by atoms with Crippen LogP contribution in [-0.4, -0.2) is 32.1 Å². The fourth-order valence-corrected chi connectivity index (χ4v) is 2.59. The number of allylic oxidation sites excluding steroid dienone is 4. The lowest BCUT2D eigenvalue weighted by Crippen LogP contribution is -2.38. The van der Waals surface area contributed by atoms with Gasteiger partial charge in [0, 0.05) is 13.5 Å². The molecule has 5 heteroatoms. The van der Waals surface area contributed by atoms with Crippen LogP contribution in [0.3, 0.4) is 0 Å². The summed E-state index contributed by atoms with van der Waals surface area (Å²) >= 11 is 0. The van der Waals surface area contributed by atoms with E-state index in [1.165, 1.54) is 26.4 Å². The zero-order valence-electron chi connectivity index (χ0n) is 15.7. The summed E-state index contributed by atoms with van der Waals surface area (Å²) < 4.78 is 10.1. The Balaban J connectivity index is 2.19. The summed E-state index contributed by atoms with van der Waals surface area (Å²) in [6, 6.07) is 0. The smallest absolute Gasteiger partial charge is 0.308 e. The van der Waals surface area contributed by atoms with Gasteiger partial charge in [-0.25, -0.2) is 4.89 Å². The molecule has 0 unspecified atom stereocenters. The van der Waals surface area contributed by atoms with Crippen molar-refractivity contribution in [3.05, 3.63) is 36.5 Å². The van der Waals surface area contributed by atoms with E-state index in [1.54, 1.807) is 13.2 Å². The van der Waals surface area contributed by atoms with E-state index in [2.05, 4.69) is 23.0 Å². The Hall–Kier alpha value is -1.43. The molecule has 0 saturated heterocycles. The van der Waals surface area contributed by atoms with Crippen LogP contribution >= 0.6 is 0 Å². The molecule has 0 saturated carbocycles. The van der Waals surface area contributed by atoms with Crippen LogP contribution in [0.25, 0.3) is 0 Å². The summed E-state index contributed by atoms with van der Waals surface area (Å²) in [5.74, 6) is -1.18. The molecule has 0 aromatic heterocycles. The largest absolute Gasteiger partial charge is 0.469 e. The van der Waals surface area contributed by atoms with Gasteiger partial charge in [0.25, 0.3) is 0 Å². The van der Waals surface area contributed by atoms with Gasteiger partial charge in [0.2, 0.25) is 5.79 Å². The van der Waals surface area contributed by atoms with Crippen LogP contribution in [0.4, 0.5) is 0 Å². The molecule has 5 nitrogen and oxygen atoms in total. The van der Waals surface area contributed by atoms with Crippen LogP contribution < -0.4 is 0 Å². The number of ether oxygens (including phenoxy) is 2. The third-order valence-electron chi connectivity index (χ3n) is 4.15. The summed E-state index contributed by atoms with van der Waals surface area (Å²) in [7, 11) is 2.96. The summed E-state index contributed by atoms with van der Waals surface area (Å²) in [5, 5.41) is 0. The molecule has 1 rings (SSSR count). The second-order valence-electron chi connectivity index (χ2n) is 6.13. The van der Waals surface area contributed by atoms with E-state index in [0.29, 0.717) is 0 Å². The maximum absolute atomic E-state index is 11.3. The Morgan fingerprint density at radius 3 is 2.56 bits per heavy atom. The second kappa shape index (κ2) is 12.9. The molecule has 0 aromatic carbocycles. The van der Waals surface area contributed by atoms with Gasteiger partial charge in [-0.3, -0.25) is 4.79 Å². The van der Waals surface area contributed by atoms with Crippen molar-refractivity contribution in [2.45, 2.75) is 70.2 Å². The topological polar surface area (TPSA) is 54.0 Å². The van der Waals surface area contributed by atoms with Crippen LogP contribution in [0.5, 0.6) is 0 Å². The zero-order chi connectivity index (χ0) is 18.4. The van der Waals surface area contributed by atoms with Crippen LogP contribution in [0, 0.1) is 0 Å². The highest BCUT2D eigenvalue weighted by molar-refractivity contribution is 5.70.